The fourth-order valence-corrected chi connectivity index (χ4v) is 2.09. The van der Waals surface area contributed by atoms with Crippen LogP contribution in [0.4, 0.5) is 0 Å². The van der Waals surface area contributed by atoms with Crippen LogP contribution in [0.1, 0.15) is 19.8 Å². The summed E-state index contributed by atoms with van der Waals surface area (Å²) in [4.78, 5) is 13.2. The van der Waals surface area contributed by atoms with Crippen molar-refractivity contribution in [1.29, 1.82) is 0 Å². The lowest BCUT2D eigenvalue weighted by atomic mass is 10.0. The molecule has 1 aliphatic rings. The van der Waals surface area contributed by atoms with Gasteiger partial charge in [0.2, 0.25) is 5.91 Å². The first-order valence-corrected chi connectivity index (χ1v) is 6.05. The number of piperidine rings is 1. The zero-order valence-electron chi connectivity index (χ0n) is 10.1. The summed E-state index contributed by atoms with van der Waals surface area (Å²) in [6.45, 7) is 6.55. The van der Waals surface area contributed by atoms with Crippen molar-refractivity contribution in [3.05, 3.63) is 0 Å². The minimum atomic E-state index is -0.255. The minimum Gasteiger partial charge on any atom is -0.380 e. The molecule has 0 aliphatic carbocycles. The van der Waals surface area contributed by atoms with Crippen molar-refractivity contribution in [2.24, 2.45) is 5.73 Å². The second kappa shape index (κ2) is 7.60. The molecule has 1 rings (SSSR count). The summed E-state index contributed by atoms with van der Waals surface area (Å²) in [5.74, 6) is -0.255. The van der Waals surface area contributed by atoms with Gasteiger partial charge in [-0.3, -0.25) is 9.69 Å². The SMILES string of the molecule is CCOCCN(CC(N)=O)C1CCNCC1. The molecule has 1 amide bonds. The molecule has 0 aromatic carbocycles. The fraction of sp³-hybridized carbons (Fsp3) is 0.909. The topological polar surface area (TPSA) is 67.6 Å². The van der Waals surface area contributed by atoms with E-state index < -0.39 is 0 Å². The molecule has 0 radical (unpaired) electrons. The molecule has 1 saturated heterocycles. The fourth-order valence-electron chi connectivity index (χ4n) is 2.09. The number of nitrogens with one attached hydrogen (secondary N) is 1. The Morgan fingerprint density at radius 2 is 2.19 bits per heavy atom. The van der Waals surface area contributed by atoms with Gasteiger partial charge in [0.05, 0.1) is 13.2 Å². The van der Waals surface area contributed by atoms with Crippen LogP contribution in [0, 0.1) is 0 Å². The van der Waals surface area contributed by atoms with Gasteiger partial charge in [-0.05, 0) is 32.9 Å². The van der Waals surface area contributed by atoms with Gasteiger partial charge < -0.3 is 15.8 Å². The van der Waals surface area contributed by atoms with E-state index in [0.717, 1.165) is 39.1 Å². The summed E-state index contributed by atoms with van der Waals surface area (Å²) in [5.41, 5.74) is 5.27. The predicted octanol–water partition coefficient (Wildman–Crippen LogP) is -0.438. The first-order chi connectivity index (χ1) is 7.74. The van der Waals surface area contributed by atoms with E-state index in [4.69, 9.17) is 10.5 Å². The molecule has 0 aromatic heterocycles. The Balaban J connectivity index is 2.37. The van der Waals surface area contributed by atoms with Crippen molar-refractivity contribution < 1.29 is 9.53 Å². The Bertz CT molecular complexity index is 205. The molecule has 0 spiro atoms. The molecule has 1 aliphatic heterocycles. The summed E-state index contributed by atoms with van der Waals surface area (Å²) >= 11 is 0. The Kier molecular flexibility index (Phi) is 6.37. The number of ether oxygens (including phenoxy) is 1. The molecule has 5 nitrogen and oxygen atoms in total. The highest BCUT2D eigenvalue weighted by Crippen LogP contribution is 2.11. The van der Waals surface area contributed by atoms with Gasteiger partial charge in [-0.1, -0.05) is 0 Å². The maximum Gasteiger partial charge on any atom is 0.231 e. The zero-order chi connectivity index (χ0) is 11.8. The molecule has 0 aromatic rings. The highest BCUT2D eigenvalue weighted by Gasteiger charge is 2.21. The number of hydrogen-bond acceptors (Lipinski definition) is 4. The van der Waals surface area contributed by atoms with E-state index >= 15 is 0 Å². The van der Waals surface area contributed by atoms with Crippen molar-refractivity contribution in [3.8, 4) is 0 Å². The maximum atomic E-state index is 11.0. The number of rotatable bonds is 7. The van der Waals surface area contributed by atoms with Gasteiger partial charge in [-0.15, -0.1) is 0 Å². The average molecular weight is 229 g/mol. The first-order valence-electron chi connectivity index (χ1n) is 6.05. The van der Waals surface area contributed by atoms with Crippen LogP contribution in [-0.4, -0.2) is 56.2 Å². The van der Waals surface area contributed by atoms with Crippen LogP contribution in [0.3, 0.4) is 0 Å². The molecular weight excluding hydrogens is 206 g/mol. The lowest BCUT2D eigenvalue weighted by Crippen LogP contribution is -2.47. The third kappa shape index (κ3) is 4.92. The standard InChI is InChI=1S/C11H23N3O2/c1-2-16-8-7-14(9-11(12)15)10-3-5-13-6-4-10/h10,13H,2-9H2,1H3,(H2,12,15). The van der Waals surface area contributed by atoms with Crippen LogP contribution >= 0.6 is 0 Å². The number of primary amides is 1. The molecular formula is C11H23N3O2. The number of nitrogens with two attached hydrogens (primary N) is 1. The first kappa shape index (κ1) is 13.4. The van der Waals surface area contributed by atoms with Crippen LogP contribution in [-0.2, 0) is 9.53 Å². The van der Waals surface area contributed by atoms with E-state index in [0.29, 0.717) is 19.2 Å². The van der Waals surface area contributed by atoms with Crippen molar-refractivity contribution in [1.82, 2.24) is 10.2 Å². The highest BCUT2D eigenvalue weighted by molar-refractivity contribution is 5.75. The van der Waals surface area contributed by atoms with Gasteiger partial charge in [0, 0.05) is 19.2 Å². The Labute approximate surface area is 97.3 Å². The highest BCUT2D eigenvalue weighted by atomic mass is 16.5. The lowest BCUT2D eigenvalue weighted by molar-refractivity contribution is -0.120. The molecule has 1 heterocycles. The smallest absolute Gasteiger partial charge is 0.231 e. The van der Waals surface area contributed by atoms with E-state index in [1.54, 1.807) is 0 Å². The Hall–Kier alpha value is -0.650. The number of amides is 1. The van der Waals surface area contributed by atoms with Gasteiger partial charge in [0.15, 0.2) is 0 Å². The lowest BCUT2D eigenvalue weighted by Gasteiger charge is -2.33. The number of carbonyl (C=O) groups is 1. The monoisotopic (exact) mass is 229 g/mol. The van der Waals surface area contributed by atoms with Gasteiger partial charge in [-0.2, -0.15) is 0 Å². The van der Waals surface area contributed by atoms with Gasteiger partial charge in [0.25, 0.3) is 0 Å². The van der Waals surface area contributed by atoms with E-state index in [2.05, 4.69) is 10.2 Å². The van der Waals surface area contributed by atoms with Crippen LogP contribution in [0.15, 0.2) is 0 Å². The molecule has 5 heteroatoms. The summed E-state index contributed by atoms with van der Waals surface area (Å²) in [6.07, 6.45) is 2.17. The molecule has 0 bridgehead atoms. The van der Waals surface area contributed by atoms with Gasteiger partial charge in [-0.25, -0.2) is 0 Å². The zero-order valence-corrected chi connectivity index (χ0v) is 10.1. The summed E-state index contributed by atoms with van der Waals surface area (Å²) < 4.78 is 5.33. The maximum absolute atomic E-state index is 11.0. The van der Waals surface area contributed by atoms with Crippen molar-refractivity contribution in [2.45, 2.75) is 25.8 Å². The van der Waals surface area contributed by atoms with Gasteiger partial charge in [0.1, 0.15) is 0 Å². The second-order valence-corrected chi connectivity index (χ2v) is 4.11. The molecule has 3 N–H and O–H groups in total. The second-order valence-electron chi connectivity index (χ2n) is 4.11. The quantitative estimate of drug-likeness (QED) is 0.581. The van der Waals surface area contributed by atoms with Crippen LogP contribution in [0.5, 0.6) is 0 Å². The average Bonchev–Trinajstić information content (AvgIpc) is 2.29. The summed E-state index contributed by atoms with van der Waals surface area (Å²) in [5, 5.41) is 3.32. The third-order valence-corrected chi connectivity index (χ3v) is 2.91. The minimum absolute atomic E-state index is 0.255. The van der Waals surface area contributed by atoms with E-state index in [1.807, 2.05) is 6.92 Å². The van der Waals surface area contributed by atoms with Crippen molar-refractivity contribution in [3.63, 3.8) is 0 Å². The molecule has 94 valence electrons. The predicted molar refractivity (Wildman–Crippen MR) is 63.2 cm³/mol. The van der Waals surface area contributed by atoms with Gasteiger partial charge >= 0.3 is 0 Å². The summed E-state index contributed by atoms with van der Waals surface area (Å²) in [6, 6.07) is 0.467. The number of hydrogen-bond donors (Lipinski definition) is 2. The third-order valence-electron chi connectivity index (χ3n) is 2.91. The summed E-state index contributed by atoms with van der Waals surface area (Å²) in [7, 11) is 0. The molecule has 0 atom stereocenters. The van der Waals surface area contributed by atoms with E-state index in [9.17, 15) is 4.79 Å². The van der Waals surface area contributed by atoms with Crippen molar-refractivity contribution >= 4 is 5.91 Å². The normalized spacial score (nSPS) is 17.9. The van der Waals surface area contributed by atoms with Crippen molar-refractivity contribution in [2.75, 3.05) is 39.4 Å². The van der Waals surface area contributed by atoms with Crippen LogP contribution in [0.2, 0.25) is 0 Å². The van der Waals surface area contributed by atoms with E-state index in [1.165, 1.54) is 0 Å². The Morgan fingerprint density at radius 1 is 1.50 bits per heavy atom. The molecule has 0 saturated carbocycles. The van der Waals surface area contributed by atoms with E-state index in [-0.39, 0.29) is 5.91 Å². The molecule has 16 heavy (non-hydrogen) atoms. The number of carbonyl (C=O) groups excluding carboxylic acids is 1. The Morgan fingerprint density at radius 3 is 2.75 bits per heavy atom. The van der Waals surface area contributed by atoms with Crippen LogP contribution < -0.4 is 11.1 Å². The number of nitrogens with zero attached hydrogens (tertiary/aromatic N) is 1. The van der Waals surface area contributed by atoms with Crippen LogP contribution in [0.25, 0.3) is 0 Å². The largest absolute Gasteiger partial charge is 0.380 e. The molecule has 0 unspecified atom stereocenters. The molecule has 1 fully saturated rings.